The molecule has 0 aliphatic carbocycles. The van der Waals surface area contributed by atoms with Gasteiger partial charge in [0.25, 0.3) is 0 Å². The van der Waals surface area contributed by atoms with Crippen LogP contribution >= 0.6 is 0 Å². The van der Waals surface area contributed by atoms with Gasteiger partial charge in [-0.15, -0.1) is 0 Å². The van der Waals surface area contributed by atoms with Crippen LogP contribution in [0.15, 0.2) is 0 Å². The molecule has 0 fully saturated rings. The van der Waals surface area contributed by atoms with Crippen molar-refractivity contribution in [2.75, 3.05) is 19.6 Å². The topological polar surface area (TPSA) is 104 Å². The van der Waals surface area contributed by atoms with Crippen LogP contribution in [0.4, 0.5) is 0 Å². The van der Waals surface area contributed by atoms with Gasteiger partial charge in [-0.1, -0.05) is 51.4 Å². The van der Waals surface area contributed by atoms with Crippen molar-refractivity contribution in [3.05, 3.63) is 0 Å². The average Bonchev–Trinajstić information content (AvgIpc) is 2.51. The fourth-order valence-corrected chi connectivity index (χ4v) is 3.12. The summed E-state index contributed by atoms with van der Waals surface area (Å²) in [5.41, 5.74) is 23.5. The second kappa shape index (κ2) is 15.7. The molecule has 4 nitrogen and oxygen atoms in total. The smallest absolute Gasteiger partial charge is 0.0154 e. The van der Waals surface area contributed by atoms with Crippen molar-refractivity contribution < 1.29 is 0 Å². The molecule has 0 aromatic carbocycles. The van der Waals surface area contributed by atoms with E-state index >= 15 is 0 Å². The third kappa shape index (κ3) is 13.5. The molecule has 134 valence electrons. The molecule has 0 atom stereocenters. The van der Waals surface area contributed by atoms with Crippen LogP contribution in [0.5, 0.6) is 0 Å². The number of unbranched alkanes of at least 4 members (excludes halogenated alkanes) is 8. The highest BCUT2D eigenvalue weighted by molar-refractivity contribution is 4.84. The van der Waals surface area contributed by atoms with Crippen LogP contribution in [0.3, 0.4) is 0 Å². The Labute approximate surface area is 138 Å². The van der Waals surface area contributed by atoms with Crippen molar-refractivity contribution in [1.29, 1.82) is 0 Å². The summed E-state index contributed by atoms with van der Waals surface area (Å²) in [5, 5.41) is 0. The minimum absolute atomic E-state index is 0.0417. The largest absolute Gasteiger partial charge is 0.330 e. The SMILES string of the molecule is NCCCCCCC(N)(CCCCCN)CCCCCCN. The minimum atomic E-state index is 0.0417. The summed E-state index contributed by atoms with van der Waals surface area (Å²) in [4.78, 5) is 0. The average molecular weight is 315 g/mol. The lowest BCUT2D eigenvalue weighted by Gasteiger charge is -2.30. The molecule has 0 unspecified atom stereocenters. The summed E-state index contributed by atoms with van der Waals surface area (Å²) in [6, 6.07) is 0. The number of hydrogen-bond donors (Lipinski definition) is 4. The van der Waals surface area contributed by atoms with E-state index in [4.69, 9.17) is 22.9 Å². The van der Waals surface area contributed by atoms with Crippen LogP contribution in [-0.4, -0.2) is 25.2 Å². The van der Waals surface area contributed by atoms with Crippen LogP contribution in [0.25, 0.3) is 0 Å². The van der Waals surface area contributed by atoms with E-state index in [0.717, 1.165) is 58.2 Å². The molecule has 0 amide bonds. The van der Waals surface area contributed by atoms with Gasteiger partial charge in [0, 0.05) is 5.54 Å². The maximum Gasteiger partial charge on any atom is 0.0154 e. The lowest BCUT2D eigenvalue weighted by atomic mass is 9.83. The molecular formula is C18H42N4. The standard InChI is InChI=1S/C18H42N4/c19-15-9-3-1-6-12-18(22,14-8-5-11-17-21)13-7-2-4-10-16-20/h1-17,19-22H2. The third-order valence-electron chi connectivity index (χ3n) is 4.64. The van der Waals surface area contributed by atoms with Crippen LogP contribution < -0.4 is 22.9 Å². The van der Waals surface area contributed by atoms with Crippen molar-refractivity contribution in [3.8, 4) is 0 Å². The molecule has 0 aromatic rings. The summed E-state index contributed by atoms with van der Waals surface area (Å²) >= 11 is 0. The van der Waals surface area contributed by atoms with Gasteiger partial charge in [-0.25, -0.2) is 0 Å². The summed E-state index contributed by atoms with van der Waals surface area (Å²) in [5.74, 6) is 0. The lowest BCUT2D eigenvalue weighted by molar-refractivity contribution is 0.304. The Morgan fingerprint density at radius 2 is 0.682 bits per heavy atom. The van der Waals surface area contributed by atoms with Gasteiger partial charge in [-0.2, -0.15) is 0 Å². The Morgan fingerprint density at radius 3 is 1.00 bits per heavy atom. The number of nitrogens with two attached hydrogens (primary N) is 4. The normalized spacial score (nSPS) is 12.0. The summed E-state index contributed by atoms with van der Waals surface area (Å²) in [7, 11) is 0. The lowest BCUT2D eigenvalue weighted by Crippen LogP contribution is -2.39. The first-order valence-corrected chi connectivity index (χ1v) is 9.57. The second-order valence-electron chi connectivity index (χ2n) is 6.87. The van der Waals surface area contributed by atoms with E-state index in [2.05, 4.69) is 0 Å². The van der Waals surface area contributed by atoms with Gasteiger partial charge < -0.3 is 22.9 Å². The molecule has 0 aliphatic rings. The highest BCUT2D eigenvalue weighted by Crippen LogP contribution is 2.26. The van der Waals surface area contributed by atoms with Crippen molar-refractivity contribution >= 4 is 0 Å². The Hall–Kier alpha value is -0.160. The maximum atomic E-state index is 6.73. The summed E-state index contributed by atoms with van der Waals surface area (Å²) in [6.45, 7) is 2.43. The van der Waals surface area contributed by atoms with Gasteiger partial charge in [0.15, 0.2) is 0 Å². The minimum Gasteiger partial charge on any atom is -0.330 e. The van der Waals surface area contributed by atoms with E-state index in [1.54, 1.807) is 0 Å². The predicted octanol–water partition coefficient (Wildman–Crippen LogP) is 3.02. The van der Waals surface area contributed by atoms with Gasteiger partial charge in [0.1, 0.15) is 0 Å². The zero-order valence-corrected chi connectivity index (χ0v) is 14.8. The van der Waals surface area contributed by atoms with Crippen LogP contribution in [-0.2, 0) is 0 Å². The monoisotopic (exact) mass is 314 g/mol. The molecule has 0 aliphatic heterocycles. The number of hydrogen-bond acceptors (Lipinski definition) is 4. The van der Waals surface area contributed by atoms with E-state index in [1.807, 2.05) is 0 Å². The van der Waals surface area contributed by atoms with Crippen LogP contribution in [0.1, 0.15) is 89.9 Å². The Bertz CT molecular complexity index is 207. The highest BCUT2D eigenvalue weighted by Gasteiger charge is 2.23. The van der Waals surface area contributed by atoms with Crippen molar-refractivity contribution in [3.63, 3.8) is 0 Å². The first-order chi connectivity index (χ1) is 10.7. The van der Waals surface area contributed by atoms with Gasteiger partial charge >= 0.3 is 0 Å². The van der Waals surface area contributed by atoms with E-state index in [-0.39, 0.29) is 5.54 Å². The Kier molecular flexibility index (Phi) is 15.6. The molecule has 4 heteroatoms. The van der Waals surface area contributed by atoms with E-state index in [0.29, 0.717) is 0 Å². The first-order valence-electron chi connectivity index (χ1n) is 9.57. The molecule has 8 N–H and O–H groups in total. The van der Waals surface area contributed by atoms with E-state index in [9.17, 15) is 0 Å². The molecule has 0 aromatic heterocycles. The fraction of sp³-hybridized carbons (Fsp3) is 1.00. The van der Waals surface area contributed by atoms with Gasteiger partial charge in [0.05, 0.1) is 0 Å². The van der Waals surface area contributed by atoms with Crippen molar-refractivity contribution in [2.24, 2.45) is 22.9 Å². The molecule has 0 heterocycles. The third-order valence-corrected chi connectivity index (χ3v) is 4.64. The zero-order chi connectivity index (χ0) is 16.5. The Morgan fingerprint density at radius 1 is 0.409 bits per heavy atom. The predicted molar refractivity (Wildman–Crippen MR) is 98.7 cm³/mol. The summed E-state index contributed by atoms with van der Waals surface area (Å²) in [6.07, 6.45) is 16.9. The van der Waals surface area contributed by atoms with Crippen molar-refractivity contribution in [1.82, 2.24) is 0 Å². The quantitative estimate of drug-likeness (QED) is 0.310. The van der Waals surface area contributed by atoms with E-state index in [1.165, 1.54) is 51.4 Å². The molecular weight excluding hydrogens is 272 g/mol. The molecule has 0 spiro atoms. The maximum absolute atomic E-state index is 6.73. The second-order valence-corrected chi connectivity index (χ2v) is 6.87. The summed E-state index contributed by atoms with van der Waals surface area (Å²) < 4.78 is 0. The van der Waals surface area contributed by atoms with Gasteiger partial charge in [0.2, 0.25) is 0 Å². The fourth-order valence-electron chi connectivity index (χ4n) is 3.12. The number of rotatable bonds is 17. The first kappa shape index (κ1) is 21.8. The van der Waals surface area contributed by atoms with Crippen LogP contribution in [0.2, 0.25) is 0 Å². The molecule has 0 radical (unpaired) electrons. The van der Waals surface area contributed by atoms with Crippen LogP contribution in [0, 0.1) is 0 Å². The molecule has 0 bridgehead atoms. The Balaban J connectivity index is 3.99. The van der Waals surface area contributed by atoms with Gasteiger partial charge in [-0.05, 0) is 58.2 Å². The molecule has 0 saturated heterocycles. The molecule has 0 saturated carbocycles. The van der Waals surface area contributed by atoms with E-state index < -0.39 is 0 Å². The zero-order valence-electron chi connectivity index (χ0n) is 14.8. The molecule has 0 rings (SSSR count). The van der Waals surface area contributed by atoms with Gasteiger partial charge in [-0.3, -0.25) is 0 Å². The highest BCUT2D eigenvalue weighted by atomic mass is 14.7. The van der Waals surface area contributed by atoms with Crippen molar-refractivity contribution in [2.45, 2.75) is 95.4 Å². The molecule has 22 heavy (non-hydrogen) atoms.